The van der Waals surface area contributed by atoms with Gasteiger partial charge in [0.1, 0.15) is 0 Å². The van der Waals surface area contributed by atoms with Gasteiger partial charge in [-0.2, -0.15) is 4.31 Å². The van der Waals surface area contributed by atoms with E-state index in [1.807, 2.05) is 18.4 Å². The van der Waals surface area contributed by atoms with Crippen LogP contribution in [0.3, 0.4) is 0 Å². The van der Waals surface area contributed by atoms with Gasteiger partial charge in [0.15, 0.2) is 0 Å². The first-order chi connectivity index (χ1) is 10.3. The third-order valence-electron chi connectivity index (χ3n) is 3.31. The molecule has 118 valence electrons. The van der Waals surface area contributed by atoms with Gasteiger partial charge in [-0.05, 0) is 29.5 Å². The Kier molecular flexibility index (Phi) is 4.94. The molecule has 0 saturated carbocycles. The van der Waals surface area contributed by atoms with Crippen molar-refractivity contribution in [1.82, 2.24) is 4.31 Å². The van der Waals surface area contributed by atoms with Crippen LogP contribution in [0.1, 0.15) is 16.0 Å². The number of non-ortho nitro benzene ring substituents is 1. The largest absolute Gasteiger partial charge is 0.269 e. The number of nitro benzene ring substituents is 1. The van der Waals surface area contributed by atoms with Crippen LogP contribution >= 0.6 is 11.3 Å². The zero-order valence-electron chi connectivity index (χ0n) is 12.2. The molecule has 1 heterocycles. The van der Waals surface area contributed by atoms with Crippen molar-refractivity contribution >= 4 is 27.0 Å². The van der Waals surface area contributed by atoms with Gasteiger partial charge in [-0.1, -0.05) is 12.1 Å². The van der Waals surface area contributed by atoms with Crippen molar-refractivity contribution in [3.63, 3.8) is 0 Å². The zero-order chi connectivity index (χ0) is 16.3. The molecule has 8 heteroatoms. The van der Waals surface area contributed by atoms with Crippen LogP contribution in [-0.4, -0.2) is 24.7 Å². The molecule has 2 aromatic rings. The van der Waals surface area contributed by atoms with Gasteiger partial charge in [0.2, 0.25) is 10.0 Å². The molecular weight excluding hydrogens is 324 g/mol. The molecule has 0 amide bonds. The summed E-state index contributed by atoms with van der Waals surface area (Å²) in [5.41, 5.74) is 1.55. The number of rotatable bonds is 6. The Bertz CT molecular complexity index is 766. The molecule has 0 N–H and O–H groups in total. The van der Waals surface area contributed by atoms with Gasteiger partial charge >= 0.3 is 0 Å². The van der Waals surface area contributed by atoms with E-state index in [4.69, 9.17) is 0 Å². The maximum Gasteiger partial charge on any atom is 0.269 e. The van der Waals surface area contributed by atoms with Crippen molar-refractivity contribution in [2.75, 3.05) is 7.05 Å². The summed E-state index contributed by atoms with van der Waals surface area (Å²) in [5.74, 6) is -0.175. The monoisotopic (exact) mass is 340 g/mol. The third-order valence-corrected chi connectivity index (χ3v) is 6.09. The van der Waals surface area contributed by atoms with Gasteiger partial charge in [0.25, 0.3) is 5.69 Å². The van der Waals surface area contributed by atoms with Crippen LogP contribution < -0.4 is 0 Å². The van der Waals surface area contributed by atoms with Crippen LogP contribution in [-0.2, 0) is 22.3 Å². The second-order valence-corrected chi connectivity index (χ2v) is 8.04. The molecule has 6 nitrogen and oxygen atoms in total. The molecule has 0 fully saturated rings. The molecule has 0 bridgehead atoms. The second-order valence-electron chi connectivity index (χ2n) is 4.96. The molecule has 0 aliphatic heterocycles. The minimum absolute atomic E-state index is 0.0521. The smallest absolute Gasteiger partial charge is 0.258 e. The summed E-state index contributed by atoms with van der Waals surface area (Å²) in [4.78, 5) is 11.1. The first-order valence-electron chi connectivity index (χ1n) is 6.50. The van der Waals surface area contributed by atoms with Crippen LogP contribution in [0.15, 0.2) is 35.7 Å². The average molecular weight is 340 g/mol. The lowest BCUT2D eigenvalue weighted by atomic mass is 10.2. The van der Waals surface area contributed by atoms with E-state index in [1.165, 1.54) is 39.9 Å². The van der Waals surface area contributed by atoms with Crippen molar-refractivity contribution in [1.29, 1.82) is 0 Å². The molecule has 22 heavy (non-hydrogen) atoms. The first-order valence-corrected chi connectivity index (χ1v) is 8.99. The number of hydrogen-bond acceptors (Lipinski definition) is 5. The zero-order valence-corrected chi connectivity index (χ0v) is 13.9. The Hall–Kier alpha value is -1.77. The van der Waals surface area contributed by atoms with E-state index in [9.17, 15) is 18.5 Å². The van der Waals surface area contributed by atoms with E-state index >= 15 is 0 Å². The third kappa shape index (κ3) is 3.90. The van der Waals surface area contributed by atoms with Crippen molar-refractivity contribution < 1.29 is 13.3 Å². The van der Waals surface area contributed by atoms with E-state index in [0.29, 0.717) is 12.1 Å². The SMILES string of the molecule is Cc1ccsc1CN(C)S(=O)(=O)Cc1ccc([N+](=O)[O-])cc1. The lowest BCUT2D eigenvalue weighted by molar-refractivity contribution is -0.384. The second kappa shape index (κ2) is 6.55. The number of nitrogens with zero attached hydrogens (tertiary/aromatic N) is 2. The van der Waals surface area contributed by atoms with Gasteiger partial charge < -0.3 is 0 Å². The van der Waals surface area contributed by atoms with Gasteiger partial charge in [0.05, 0.1) is 10.7 Å². The van der Waals surface area contributed by atoms with Gasteiger partial charge in [-0.15, -0.1) is 11.3 Å². The maximum atomic E-state index is 12.4. The number of benzene rings is 1. The highest BCUT2D eigenvalue weighted by atomic mass is 32.2. The molecule has 0 saturated heterocycles. The summed E-state index contributed by atoms with van der Waals surface area (Å²) >= 11 is 1.52. The standard InChI is InChI=1S/C14H16N2O4S2/c1-11-7-8-21-14(11)9-15(2)22(19,20)10-12-3-5-13(6-4-12)16(17)18/h3-8H,9-10H2,1-2H3. The lowest BCUT2D eigenvalue weighted by Crippen LogP contribution is -2.27. The van der Waals surface area contributed by atoms with Crippen LogP contribution in [0.4, 0.5) is 5.69 Å². The van der Waals surface area contributed by atoms with E-state index < -0.39 is 14.9 Å². The molecule has 2 rings (SSSR count). The minimum Gasteiger partial charge on any atom is -0.258 e. The first kappa shape index (κ1) is 16.6. The highest BCUT2D eigenvalue weighted by molar-refractivity contribution is 7.88. The molecule has 0 unspecified atom stereocenters. The fourth-order valence-corrected chi connectivity index (χ4v) is 4.10. The van der Waals surface area contributed by atoms with Crippen molar-refractivity contribution in [3.8, 4) is 0 Å². The predicted octanol–water partition coefficient (Wildman–Crippen LogP) is 2.93. The van der Waals surface area contributed by atoms with E-state index in [0.717, 1.165) is 10.4 Å². The maximum absolute atomic E-state index is 12.4. The van der Waals surface area contributed by atoms with Gasteiger partial charge in [-0.25, -0.2) is 8.42 Å². The Morgan fingerprint density at radius 2 is 1.86 bits per heavy atom. The molecule has 0 aliphatic rings. The van der Waals surface area contributed by atoms with Crippen LogP contribution in [0.25, 0.3) is 0 Å². The van der Waals surface area contributed by atoms with Gasteiger partial charge in [-0.3, -0.25) is 10.1 Å². The quantitative estimate of drug-likeness (QED) is 0.598. The number of aryl methyl sites for hydroxylation is 1. The summed E-state index contributed by atoms with van der Waals surface area (Å²) in [5, 5.41) is 12.5. The highest BCUT2D eigenvalue weighted by Gasteiger charge is 2.20. The van der Waals surface area contributed by atoms with Crippen LogP contribution in [0.2, 0.25) is 0 Å². The summed E-state index contributed by atoms with van der Waals surface area (Å²) in [6, 6.07) is 7.53. The van der Waals surface area contributed by atoms with Crippen molar-refractivity contribution in [3.05, 3.63) is 61.8 Å². The summed E-state index contributed by atoms with van der Waals surface area (Å²) in [6.45, 7) is 2.28. The molecule has 1 aromatic heterocycles. The van der Waals surface area contributed by atoms with Crippen molar-refractivity contribution in [2.45, 2.75) is 19.2 Å². The van der Waals surface area contributed by atoms with Crippen LogP contribution in [0, 0.1) is 17.0 Å². The molecule has 1 aromatic carbocycles. The molecule has 0 atom stereocenters. The molecular formula is C14H16N2O4S2. The fourth-order valence-electron chi connectivity index (χ4n) is 1.90. The highest BCUT2D eigenvalue weighted by Crippen LogP contribution is 2.20. The number of thiophene rings is 1. The van der Waals surface area contributed by atoms with E-state index in [2.05, 4.69) is 0 Å². The number of hydrogen-bond donors (Lipinski definition) is 0. The van der Waals surface area contributed by atoms with Crippen molar-refractivity contribution in [2.24, 2.45) is 0 Å². The molecule has 0 aliphatic carbocycles. The van der Waals surface area contributed by atoms with E-state index in [-0.39, 0.29) is 11.4 Å². The topological polar surface area (TPSA) is 80.5 Å². The van der Waals surface area contributed by atoms with E-state index in [1.54, 1.807) is 7.05 Å². The summed E-state index contributed by atoms with van der Waals surface area (Å²) < 4.78 is 26.0. The minimum atomic E-state index is -3.47. The molecule has 0 spiro atoms. The molecule has 0 radical (unpaired) electrons. The summed E-state index contributed by atoms with van der Waals surface area (Å²) in [7, 11) is -1.93. The van der Waals surface area contributed by atoms with Crippen LogP contribution in [0.5, 0.6) is 0 Å². The summed E-state index contributed by atoms with van der Waals surface area (Å²) in [6.07, 6.45) is 0. The Balaban J connectivity index is 2.09. The van der Waals surface area contributed by atoms with Gasteiger partial charge in [0, 0.05) is 30.6 Å². The Labute approximate surface area is 133 Å². The Morgan fingerprint density at radius 3 is 2.36 bits per heavy atom. The average Bonchev–Trinajstić information content (AvgIpc) is 2.84. The lowest BCUT2D eigenvalue weighted by Gasteiger charge is -2.17. The predicted molar refractivity (Wildman–Crippen MR) is 86.2 cm³/mol. The Morgan fingerprint density at radius 1 is 1.23 bits per heavy atom. The normalized spacial score (nSPS) is 11.8. The number of sulfonamides is 1. The number of nitro groups is 1. The fraction of sp³-hybridized carbons (Fsp3) is 0.286.